The van der Waals surface area contributed by atoms with Crippen LogP contribution in [0.2, 0.25) is 0 Å². The van der Waals surface area contributed by atoms with Gasteiger partial charge < -0.3 is 5.73 Å². The highest BCUT2D eigenvalue weighted by Gasteiger charge is 2.21. The Balaban J connectivity index is 2.27. The van der Waals surface area contributed by atoms with Crippen LogP contribution in [-0.4, -0.2) is 24.2 Å². The minimum absolute atomic E-state index is 0.0209. The van der Waals surface area contributed by atoms with Crippen molar-refractivity contribution < 1.29 is 13.2 Å². The predicted molar refractivity (Wildman–Crippen MR) is 86.2 cm³/mol. The van der Waals surface area contributed by atoms with Gasteiger partial charge in [0, 0.05) is 18.2 Å². The van der Waals surface area contributed by atoms with Crippen LogP contribution in [0, 0.1) is 0 Å². The standard InChI is InChI=1S/C15H18N4O3S/c1-3-13(20)11-5-4-6-12(9-11)23(21,22)19-10(2)15-17-8-7-14(16)18-15/h4-10,19H,3H2,1-2H3,(H2,16,17,18). The number of nitrogen functional groups attached to an aromatic ring is 1. The molecule has 0 fully saturated rings. The number of carbonyl (C=O) groups excluding carboxylic acids is 1. The van der Waals surface area contributed by atoms with Gasteiger partial charge in [-0.1, -0.05) is 19.1 Å². The van der Waals surface area contributed by atoms with Crippen LogP contribution in [-0.2, 0) is 10.0 Å². The number of hydrogen-bond acceptors (Lipinski definition) is 6. The number of sulfonamides is 1. The summed E-state index contributed by atoms with van der Waals surface area (Å²) in [4.78, 5) is 19.7. The molecule has 1 aromatic carbocycles. The maximum atomic E-state index is 12.5. The number of Topliss-reactive ketones (excluding diaryl/α,β-unsaturated/α-hetero) is 1. The lowest BCUT2D eigenvalue weighted by Gasteiger charge is -2.13. The summed E-state index contributed by atoms with van der Waals surface area (Å²) in [5.41, 5.74) is 5.94. The molecule has 0 saturated carbocycles. The topological polar surface area (TPSA) is 115 Å². The first-order chi connectivity index (χ1) is 10.8. The number of ketones is 1. The summed E-state index contributed by atoms with van der Waals surface area (Å²) in [6, 6.07) is 6.79. The first kappa shape index (κ1) is 17.0. The van der Waals surface area contributed by atoms with Crippen LogP contribution in [0.25, 0.3) is 0 Å². The number of nitrogens with one attached hydrogen (secondary N) is 1. The van der Waals surface area contributed by atoms with E-state index in [0.29, 0.717) is 12.0 Å². The Kier molecular flexibility index (Phi) is 5.07. The van der Waals surface area contributed by atoms with Crippen molar-refractivity contribution in [2.24, 2.45) is 0 Å². The fourth-order valence-electron chi connectivity index (χ4n) is 1.99. The number of nitrogens with zero attached hydrogens (tertiary/aromatic N) is 2. The zero-order valence-electron chi connectivity index (χ0n) is 12.9. The molecule has 0 saturated heterocycles. The van der Waals surface area contributed by atoms with Crippen molar-refractivity contribution in [3.63, 3.8) is 0 Å². The molecular weight excluding hydrogens is 316 g/mol. The molecule has 0 spiro atoms. The maximum absolute atomic E-state index is 12.5. The molecule has 1 heterocycles. The smallest absolute Gasteiger partial charge is 0.241 e. The number of benzene rings is 1. The Bertz CT molecular complexity index is 821. The Morgan fingerprint density at radius 3 is 2.74 bits per heavy atom. The first-order valence-corrected chi connectivity index (χ1v) is 8.56. The largest absolute Gasteiger partial charge is 0.384 e. The number of hydrogen-bond donors (Lipinski definition) is 2. The Hall–Kier alpha value is -2.32. The SMILES string of the molecule is CCC(=O)c1cccc(S(=O)(=O)NC(C)c2nccc(N)n2)c1. The molecule has 0 aliphatic carbocycles. The highest BCUT2D eigenvalue weighted by molar-refractivity contribution is 7.89. The van der Waals surface area contributed by atoms with Crippen molar-refractivity contribution in [1.29, 1.82) is 0 Å². The van der Waals surface area contributed by atoms with Gasteiger partial charge in [-0.15, -0.1) is 0 Å². The van der Waals surface area contributed by atoms with E-state index < -0.39 is 16.1 Å². The van der Waals surface area contributed by atoms with Crippen LogP contribution in [0.4, 0.5) is 5.82 Å². The van der Waals surface area contributed by atoms with Crippen LogP contribution in [0.3, 0.4) is 0 Å². The minimum atomic E-state index is -3.81. The Morgan fingerprint density at radius 1 is 1.35 bits per heavy atom. The summed E-state index contributed by atoms with van der Waals surface area (Å²) in [6.07, 6.45) is 1.77. The van der Waals surface area contributed by atoms with E-state index in [1.54, 1.807) is 26.0 Å². The van der Waals surface area contributed by atoms with Crippen LogP contribution in [0.5, 0.6) is 0 Å². The third kappa shape index (κ3) is 4.11. The van der Waals surface area contributed by atoms with Crippen molar-refractivity contribution in [2.45, 2.75) is 31.2 Å². The lowest BCUT2D eigenvalue weighted by atomic mass is 10.1. The summed E-state index contributed by atoms with van der Waals surface area (Å²) in [5, 5.41) is 0. The van der Waals surface area contributed by atoms with E-state index >= 15 is 0 Å². The third-order valence-corrected chi connectivity index (χ3v) is 4.74. The molecule has 2 rings (SSSR count). The van der Waals surface area contributed by atoms with Gasteiger partial charge in [-0.3, -0.25) is 4.79 Å². The van der Waals surface area contributed by atoms with Gasteiger partial charge in [-0.05, 0) is 25.1 Å². The number of nitrogens with two attached hydrogens (primary N) is 1. The molecule has 3 N–H and O–H groups in total. The summed E-state index contributed by atoms with van der Waals surface area (Å²) >= 11 is 0. The molecule has 0 aliphatic heterocycles. The van der Waals surface area contributed by atoms with Gasteiger partial charge in [0.25, 0.3) is 0 Å². The van der Waals surface area contributed by atoms with Gasteiger partial charge in [0.2, 0.25) is 10.0 Å². The van der Waals surface area contributed by atoms with E-state index in [1.807, 2.05) is 0 Å². The molecule has 0 aliphatic rings. The molecule has 1 aromatic heterocycles. The average Bonchev–Trinajstić information content (AvgIpc) is 2.54. The third-order valence-electron chi connectivity index (χ3n) is 3.20. The van der Waals surface area contributed by atoms with Gasteiger partial charge >= 0.3 is 0 Å². The Morgan fingerprint density at radius 2 is 2.09 bits per heavy atom. The van der Waals surface area contributed by atoms with Crippen LogP contribution < -0.4 is 10.5 Å². The fourth-order valence-corrected chi connectivity index (χ4v) is 3.24. The zero-order valence-corrected chi connectivity index (χ0v) is 13.7. The second-order valence-electron chi connectivity index (χ2n) is 4.99. The molecule has 122 valence electrons. The van der Waals surface area contributed by atoms with Crippen LogP contribution in [0.1, 0.15) is 42.5 Å². The van der Waals surface area contributed by atoms with Gasteiger partial charge in [0.1, 0.15) is 11.6 Å². The van der Waals surface area contributed by atoms with E-state index in [4.69, 9.17) is 5.73 Å². The summed E-state index contributed by atoms with van der Waals surface area (Å²) < 4.78 is 27.4. The summed E-state index contributed by atoms with van der Waals surface area (Å²) in [7, 11) is -3.81. The molecule has 0 amide bonds. The maximum Gasteiger partial charge on any atom is 0.241 e. The molecule has 0 radical (unpaired) electrons. The fraction of sp³-hybridized carbons (Fsp3) is 0.267. The lowest BCUT2D eigenvalue weighted by Crippen LogP contribution is -2.28. The van der Waals surface area contributed by atoms with E-state index in [2.05, 4.69) is 14.7 Å². The number of aromatic nitrogens is 2. The number of anilines is 1. The summed E-state index contributed by atoms with van der Waals surface area (Å²) in [5.74, 6) is 0.417. The average molecular weight is 334 g/mol. The predicted octanol–water partition coefficient (Wildman–Crippen LogP) is 1.69. The second-order valence-corrected chi connectivity index (χ2v) is 6.70. The van der Waals surface area contributed by atoms with Crippen molar-refractivity contribution >= 4 is 21.6 Å². The minimum Gasteiger partial charge on any atom is -0.384 e. The molecule has 2 aromatic rings. The normalized spacial score (nSPS) is 12.8. The van der Waals surface area contributed by atoms with Gasteiger partial charge in [0.05, 0.1) is 10.9 Å². The van der Waals surface area contributed by atoms with Crippen molar-refractivity contribution in [1.82, 2.24) is 14.7 Å². The van der Waals surface area contributed by atoms with Crippen molar-refractivity contribution in [3.8, 4) is 0 Å². The monoisotopic (exact) mass is 334 g/mol. The highest BCUT2D eigenvalue weighted by atomic mass is 32.2. The molecule has 23 heavy (non-hydrogen) atoms. The van der Waals surface area contributed by atoms with E-state index in [1.165, 1.54) is 24.4 Å². The molecule has 8 heteroatoms. The molecule has 7 nitrogen and oxygen atoms in total. The Labute approximate surface area is 135 Å². The van der Waals surface area contributed by atoms with Crippen LogP contribution >= 0.6 is 0 Å². The first-order valence-electron chi connectivity index (χ1n) is 7.07. The van der Waals surface area contributed by atoms with Gasteiger partial charge in [-0.25, -0.2) is 23.1 Å². The van der Waals surface area contributed by atoms with E-state index in [0.717, 1.165) is 0 Å². The van der Waals surface area contributed by atoms with E-state index in [-0.39, 0.29) is 22.3 Å². The highest BCUT2D eigenvalue weighted by Crippen LogP contribution is 2.17. The van der Waals surface area contributed by atoms with Crippen LogP contribution in [0.15, 0.2) is 41.4 Å². The quantitative estimate of drug-likeness (QED) is 0.777. The number of rotatable bonds is 6. The molecular formula is C15H18N4O3S. The lowest BCUT2D eigenvalue weighted by molar-refractivity contribution is 0.0988. The van der Waals surface area contributed by atoms with Gasteiger partial charge in [0.15, 0.2) is 5.78 Å². The number of carbonyl (C=O) groups is 1. The molecule has 1 unspecified atom stereocenters. The summed E-state index contributed by atoms with van der Waals surface area (Å²) in [6.45, 7) is 3.34. The zero-order chi connectivity index (χ0) is 17.0. The van der Waals surface area contributed by atoms with Gasteiger partial charge in [-0.2, -0.15) is 0 Å². The molecule has 1 atom stereocenters. The van der Waals surface area contributed by atoms with Crippen molar-refractivity contribution in [3.05, 3.63) is 47.9 Å². The van der Waals surface area contributed by atoms with Crippen molar-refractivity contribution in [2.75, 3.05) is 5.73 Å². The molecule has 0 bridgehead atoms. The second kappa shape index (κ2) is 6.84. The van der Waals surface area contributed by atoms with E-state index in [9.17, 15) is 13.2 Å².